The molecule has 6 nitrogen and oxygen atoms in total. The Balaban J connectivity index is 1.75. The number of imidazole rings is 1. The van der Waals surface area contributed by atoms with E-state index in [0.717, 1.165) is 23.4 Å². The van der Waals surface area contributed by atoms with Crippen LogP contribution in [-0.4, -0.2) is 25.2 Å². The molecule has 136 valence electrons. The molecule has 26 heavy (non-hydrogen) atoms. The Morgan fingerprint density at radius 3 is 2.62 bits per heavy atom. The largest absolute Gasteiger partial charge is 0.346 e. The lowest BCUT2D eigenvalue weighted by atomic mass is 10.1. The molecule has 0 saturated carbocycles. The molecule has 1 atom stereocenters. The highest BCUT2D eigenvalue weighted by atomic mass is 16.2. The lowest BCUT2D eigenvalue weighted by molar-refractivity contribution is -0.122. The SMILES string of the molecule is CCc1c(C)nn(CC(=O)N[C@@H](Cn2ccnc2)c2ccccc2)c1C. The van der Waals surface area contributed by atoms with Gasteiger partial charge >= 0.3 is 0 Å². The Labute approximate surface area is 153 Å². The van der Waals surface area contributed by atoms with Gasteiger partial charge in [-0.25, -0.2) is 4.98 Å². The summed E-state index contributed by atoms with van der Waals surface area (Å²) in [5.41, 5.74) is 4.34. The lowest BCUT2D eigenvalue weighted by Crippen LogP contribution is -2.34. The fraction of sp³-hybridized carbons (Fsp3) is 0.350. The van der Waals surface area contributed by atoms with Gasteiger partial charge in [-0.1, -0.05) is 37.3 Å². The van der Waals surface area contributed by atoms with Gasteiger partial charge in [-0.15, -0.1) is 0 Å². The molecule has 6 heteroatoms. The van der Waals surface area contributed by atoms with Crippen LogP contribution in [0.15, 0.2) is 49.1 Å². The molecule has 0 aliphatic carbocycles. The van der Waals surface area contributed by atoms with Crippen LogP contribution in [0.2, 0.25) is 0 Å². The Bertz CT molecular complexity index is 852. The number of aryl methyl sites for hydroxylation is 1. The maximum Gasteiger partial charge on any atom is 0.242 e. The first-order chi connectivity index (χ1) is 12.6. The average molecular weight is 351 g/mol. The zero-order valence-electron chi connectivity index (χ0n) is 15.5. The molecule has 0 saturated heterocycles. The van der Waals surface area contributed by atoms with Crippen molar-refractivity contribution in [1.29, 1.82) is 0 Å². The highest BCUT2D eigenvalue weighted by Gasteiger charge is 2.17. The van der Waals surface area contributed by atoms with Gasteiger partial charge in [0.05, 0.1) is 18.1 Å². The van der Waals surface area contributed by atoms with E-state index in [9.17, 15) is 4.79 Å². The van der Waals surface area contributed by atoms with Crippen molar-refractivity contribution in [2.45, 2.75) is 46.3 Å². The molecular weight excluding hydrogens is 326 g/mol. The normalized spacial score (nSPS) is 12.1. The third-order valence-electron chi connectivity index (χ3n) is 4.67. The zero-order valence-corrected chi connectivity index (χ0v) is 15.5. The maximum atomic E-state index is 12.7. The van der Waals surface area contributed by atoms with E-state index in [1.807, 2.05) is 54.9 Å². The van der Waals surface area contributed by atoms with Crippen molar-refractivity contribution in [3.8, 4) is 0 Å². The molecule has 1 amide bonds. The lowest BCUT2D eigenvalue weighted by Gasteiger charge is -2.20. The van der Waals surface area contributed by atoms with Crippen LogP contribution < -0.4 is 5.32 Å². The average Bonchev–Trinajstić information content (AvgIpc) is 3.23. The quantitative estimate of drug-likeness (QED) is 0.712. The molecule has 3 aromatic rings. The second-order valence-corrected chi connectivity index (χ2v) is 6.45. The predicted molar refractivity (Wildman–Crippen MR) is 101 cm³/mol. The van der Waals surface area contributed by atoms with Gasteiger partial charge in [0.15, 0.2) is 0 Å². The first-order valence-corrected chi connectivity index (χ1v) is 8.91. The molecule has 0 aliphatic heterocycles. The molecule has 2 heterocycles. The van der Waals surface area contributed by atoms with Crippen LogP contribution in [0.5, 0.6) is 0 Å². The van der Waals surface area contributed by atoms with Gasteiger partial charge in [-0.2, -0.15) is 5.10 Å². The van der Waals surface area contributed by atoms with Crippen LogP contribution >= 0.6 is 0 Å². The third-order valence-corrected chi connectivity index (χ3v) is 4.67. The number of aromatic nitrogens is 4. The topological polar surface area (TPSA) is 64.7 Å². The van der Waals surface area contributed by atoms with Crippen LogP contribution in [0, 0.1) is 13.8 Å². The molecule has 0 aliphatic rings. The summed E-state index contributed by atoms with van der Waals surface area (Å²) in [6.45, 7) is 6.98. The summed E-state index contributed by atoms with van der Waals surface area (Å²) in [5.74, 6) is -0.0489. The zero-order chi connectivity index (χ0) is 18.5. The van der Waals surface area contributed by atoms with E-state index in [1.54, 1.807) is 17.2 Å². The minimum absolute atomic E-state index is 0.0489. The standard InChI is InChI=1S/C20H25N5O/c1-4-18-15(2)23-25(16(18)3)13-20(26)22-19(12-24-11-10-21-14-24)17-8-6-5-7-9-17/h5-11,14,19H,4,12-13H2,1-3H3,(H,22,26)/t19-/m0/s1. The van der Waals surface area contributed by atoms with Crippen molar-refractivity contribution in [2.75, 3.05) is 0 Å². The molecule has 0 spiro atoms. The van der Waals surface area contributed by atoms with Crippen molar-refractivity contribution >= 4 is 5.91 Å². The van der Waals surface area contributed by atoms with E-state index in [0.29, 0.717) is 6.54 Å². The number of carbonyl (C=O) groups excluding carboxylic acids is 1. The van der Waals surface area contributed by atoms with Gasteiger partial charge in [0.25, 0.3) is 0 Å². The smallest absolute Gasteiger partial charge is 0.242 e. The van der Waals surface area contributed by atoms with Gasteiger partial charge in [0.1, 0.15) is 6.54 Å². The first-order valence-electron chi connectivity index (χ1n) is 8.91. The minimum atomic E-state index is -0.125. The highest BCUT2D eigenvalue weighted by molar-refractivity contribution is 5.76. The fourth-order valence-electron chi connectivity index (χ4n) is 3.30. The summed E-state index contributed by atoms with van der Waals surface area (Å²) in [4.78, 5) is 16.8. The molecule has 2 aromatic heterocycles. The minimum Gasteiger partial charge on any atom is -0.346 e. The van der Waals surface area contributed by atoms with Crippen molar-refractivity contribution in [3.05, 3.63) is 71.6 Å². The number of nitrogens with zero attached hydrogens (tertiary/aromatic N) is 4. The second-order valence-electron chi connectivity index (χ2n) is 6.45. The number of benzene rings is 1. The molecule has 1 N–H and O–H groups in total. The van der Waals surface area contributed by atoms with Crippen molar-refractivity contribution in [2.24, 2.45) is 0 Å². The Kier molecular flexibility index (Phi) is 5.51. The van der Waals surface area contributed by atoms with Crippen LogP contribution in [0.4, 0.5) is 0 Å². The molecule has 0 radical (unpaired) electrons. The van der Waals surface area contributed by atoms with E-state index in [-0.39, 0.29) is 18.5 Å². The van der Waals surface area contributed by atoms with Crippen molar-refractivity contribution < 1.29 is 4.79 Å². The van der Waals surface area contributed by atoms with E-state index in [2.05, 4.69) is 22.3 Å². The molecule has 0 fully saturated rings. The van der Waals surface area contributed by atoms with Crippen LogP contribution in [0.1, 0.15) is 35.5 Å². The van der Waals surface area contributed by atoms with E-state index < -0.39 is 0 Å². The van der Waals surface area contributed by atoms with Crippen LogP contribution in [0.3, 0.4) is 0 Å². The predicted octanol–water partition coefficient (Wildman–Crippen LogP) is 2.82. The summed E-state index contributed by atoms with van der Waals surface area (Å²) in [5, 5.41) is 7.66. The number of hydrogen-bond acceptors (Lipinski definition) is 3. The molecule has 3 rings (SSSR count). The summed E-state index contributed by atoms with van der Waals surface area (Å²) in [7, 11) is 0. The molecule has 0 unspecified atom stereocenters. The Hall–Kier alpha value is -2.89. The van der Waals surface area contributed by atoms with Gasteiger partial charge in [0, 0.05) is 24.6 Å². The number of hydrogen-bond donors (Lipinski definition) is 1. The number of rotatable bonds is 7. The molecule has 0 bridgehead atoms. The second kappa shape index (κ2) is 7.99. The molecular formula is C20H25N5O. The van der Waals surface area contributed by atoms with Crippen molar-refractivity contribution in [1.82, 2.24) is 24.6 Å². The van der Waals surface area contributed by atoms with Crippen LogP contribution in [0.25, 0.3) is 0 Å². The van der Waals surface area contributed by atoms with E-state index in [1.165, 1.54) is 5.56 Å². The van der Waals surface area contributed by atoms with Gasteiger partial charge in [0.2, 0.25) is 5.91 Å². The highest BCUT2D eigenvalue weighted by Crippen LogP contribution is 2.16. The van der Waals surface area contributed by atoms with E-state index in [4.69, 9.17) is 0 Å². The maximum absolute atomic E-state index is 12.7. The first kappa shape index (κ1) is 17.9. The summed E-state index contributed by atoms with van der Waals surface area (Å²) in [6, 6.07) is 9.87. The van der Waals surface area contributed by atoms with E-state index >= 15 is 0 Å². The van der Waals surface area contributed by atoms with Crippen molar-refractivity contribution in [3.63, 3.8) is 0 Å². The third kappa shape index (κ3) is 4.02. The number of amides is 1. The van der Waals surface area contributed by atoms with Gasteiger partial charge in [-0.3, -0.25) is 9.48 Å². The molecule has 1 aromatic carbocycles. The summed E-state index contributed by atoms with van der Waals surface area (Å²) >= 11 is 0. The number of carbonyl (C=O) groups is 1. The summed E-state index contributed by atoms with van der Waals surface area (Å²) in [6.07, 6.45) is 6.33. The number of nitrogens with one attached hydrogen (secondary N) is 1. The fourth-order valence-corrected chi connectivity index (χ4v) is 3.30. The van der Waals surface area contributed by atoms with Crippen LogP contribution in [-0.2, 0) is 24.3 Å². The Morgan fingerprint density at radius 1 is 1.23 bits per heavy atom. The Morgan fingerprint density at radius 2 is 2.00 bits per heavy atom. The monoisotopic (exact) mass is 351 g/mol. The summed E-state index contributed by atoms with van der Waals surface area (Å²) < 4.78 is 3.76. The van der Waals surface area contributed by atoms with Gasteiger partial charge in [-0.05, 0) is 31.4 Å². The van der Waals surface area contributed by atoms with Gasteiger partial charge < -0.3 is 9.88 Å².